The summed E-state index contributed by atoms with van der Waals surface area (Å²) in [6.45, 7) is 7.28. The first kappa shape index (κ1) is 24.8. The number of para-hydroxylation sites is 1. The second-order valence-electron chi connectivity index (χ2n) is 11.1. The number of hydrogen-bond acceptors (Lipinski definition) is 3. The second-order valence-corrected chi connectivity index (χ2v) is 11.1. The Balaban J connectivity index is 1.50. The molecule has 0 spiro atoms. The molecule has 0 aliphatic carbocycles. The minimum Gasteiger partial charge on any atom is -0.348 e. The molecule has 5 heteroatoms. The van der Waals surface area contributed by atoms with Crippen LogP contribution in [0.25, 0.3) is 0 Å². The molecule has 1 aromatic heterocycles. The Bertz CT molecular complexity index is 1310. The van der Waals surface area contributed by atoms with Crippen LogP contribution in [0.3, 0.4) is 0 Å². The molecule has 2 heterocycles. The van der Waals surface area contributed by atoms with Crippen LogP contribution in [0.1, 0.15) is 54.6 Å². The highest BCUT2D eigenvalue weighted by atomic mass is 16.2. The summed E-state index contributed by atoms with van der Waals surface area (Å²) < 4.78 is 0. The Morgan fingerprint density at radius 1 is 0.838 bits per heavy atom. The topological polar surface area (TPSA) is 61.0 Å². The first-order valence-corrected chi connectivity index (χ1v) is 13.2. The molecule has 37 heavy (non-hydrogen) atoms. The lowest BCUT2D eigenvalue weighted by molar-refractivity contribution is -0.134. The highest BCUT2D eigenvalue weighted by Crippen LogP contribution is 2.39. The molecular formula is C32H36N4O. The fourth-order valence-electron chi connectivity index (χ4n) is 5.27. The van der Waals surface area contributed by atoms with Gasteiger partial charge in [-0.3, -0.25) is 15.2 Å². The van der Waals surface area contributed by atoms with Gasteiger partial charge in [-0.1, -0.05) is 93.6 Å². The molecule has 1 aliphatic heterocycles. The Morgan fingerprint density at radius 3 is 2.27 bits per heavy atom. The zero-order chi connectivity index (χ0) is 25.8. The summed E-state index contributed by atoms with van der Waals surface area (Å²) in [5, 5.41) is 1.84. The number of aromatic amines is 1. The zero-order valence-corrected chi connectivity index (χ0v) is 21.9. The molecule has 2 atom stereocenters. The van der Waals surface area contributed by atoms with Crippen molar-refractivity contribution in [3.63, 3.8) is 0 Å². The van der Waals surface area contributed by atoms with Gasteiger partial charge in [0.05, 0.1) is 17.9 Å². The van der Waals surface area contributed by atoms with Crippen molar-refractivity contribution in [2.75, 3.05) is 12.0 Å². The standard InChI is InChI=1S/C32H36N4O/c1-32(2,3)25-15-13-24(14-16-25)19-29-28(20-26-21-33-22-34-26)27-11-7-8-12-30(27)35-36(31(29)37)18-17-23-9-5-4-6-10-23/h4-16,21-22,28-29,35H,17-20H2,1-3H3,(H,33,34). The van der Waals surface area contributed by atoms with Crippen molar-refractivity contribution < 1.29 is 4.79 Å². The third-order valence-electron chi connectivity index (χ3n) is 7.42. The van der Waals surface area contributed by atoms with Gasteiger partial charge in [-0.2, -0.15) is 0 Å². The van der Waals surface area contributed by atoms with E-state index in [9.17, 15) is 4.79 Å². The van der Waals surface area contributed by atoms with Crippen LogP contribution < -0.4 is 5.43 Å². The van der Waals surface area contributed by atoms with Crippen molar-refractivity contribution in [3.8, 4) is 0 Å². The molecule has 2 N–H and O–H groups in total. The molecule has 190 valence electrons. The van der Waals surface area contributed by atoms with Crippen LogP contribution in [-0.4, -0.2) is 27.4 Å². The molecule has 1 aliphatic rings. The second kappa shape index (κ2) is 10.6. The minimum absolute atomic E-state index is 0.0145. The van der Waals surface area contributed by atoms with Crippen LogP contribution in [0, 0.1) is 5.92 Å². The van der Waals surface area contributed by atoms with Gasteiger partial charge >= 0.3 is 0 Å². The monoisotopic (exact) mass is 492 g/mol. The number of nitrogens with zero attached hydrogens (tertiary/aromatic N) is 2. The van der Waals surface area contributed by atoms with Crippen molar-refractivity contribution in [2.24, 2.45) is 5.92 Å². The van der Waals surface area contributed by atoms with E-state index in [0.717, 1.165) is 24.2 Å². The predicted octanol–water partition coefficient (Wildman–Crippen LogP) is 6.30. The van der Waals surface area contributed by atoms with E-state index in [1.165, 1.54) is 22.3 Å². The molecule has 0 fully saturated rings. The molecule has 5 nitrogen and oxygen atoms in total. The number of amides is 1. The largest absolute Gasteiger partial charge is 0.348 e. The van der Waals surface area contributed by atoms with E-state index in [4.69, 9.17) is 0 Å². The number of aromatic nitrogens is 2. The smallest absolute Gasteiger partial charge is 0.244 e. The Kier molecular flexibility index (Phi) is 7.13. The zero-order valence-electron chi connectivity index (χ0n) is 21.9. The molecule has 0 saturated heterocycles. The van der Waals surface area contributed by atoms with E-state index in [1.807, 2.05) is 35.5 Å². The maximum absolute atomic E-state index is 14.2. The van der Waals surface area contributed by atoms with Gasteiger partial charge in [0.2, 0.25) is 5.91 Å². The van der Waals surface area contributed by atoms with Crippen LogP contribution in [0.2, 0.25) is 0 Å². The van der Waals surface area contributed by atoms with Crippen molar-refractivity contribution in [3.05, 3.63) is 119 Å². The number of carbonyl (C=O) groups excluding carboxylic acids is 1. The summed E-state index contributed by atoms with van der Waals surface area (Å²) in [5.41, 5.74) is 10.5. The summed E-state index contributed by atoms with van der Waals surface area (Å²) in [7, 11) is 0. The first-order chi connectivity index (χ1) is 17.9. The van der Waals surface area contributed by atoms with Gasteiger partial charge in [0, 0.05) is 24.4 Å². The average molecular weight is 493 g/mol. The Hall–Kier alpha value is -3.86. The van der Waals surface area contributed by atoms with Crippen molar-refractivity contribution >= 4 is 11.6 Å². The SMILES string of the molecule is CC(C)(C)c1ccc(CC2C(=O)N(CCc3ccccc3)Nc3ccccc3C2Cc2cnc[nH]2)cc1. The number of fused-ring (bicyclic) bond motifs is 1. The fourth-order valence-corrected chi connectivity index (χ4v) is 5.27. The minimum atomic E-state index is -0.212. The average Bonchev–Trinajstić information content (AvgIpc) is 3.39. The van der Waals surface area contributed by atoms with Crippen molar-refractivity contribution in [1.29, 1.82) is 0 Å². The van der Waals surface area contributed by atoms with Crippen molar-refractivity contribution in [2.45, 2.75) is 51.4 Å². The highest BCUT2D eigenvalue weighted by molar-refractivity contribution is 5.84. The number of rotatable bonds is 7. The van der Waals surface area contributed by atoms with Gasteiger partial charge in [0.1, 0.15) is 0 Å². The first-order valence-electron chi connectivity index (χ1n) is 13.2. The summed E-state index contributed by atoms with van der Waals surface area (Å²) >= 11 is 0. The third-order valence-corrected chi connectivity index (χ3v) is 7.42. The van der Waals surface area contributed by atoms with E-state index in [-0.39, 0.29) is 23.2 Å². The van der Waals surface area contributed by atoms with Crippen LogP contribution in [0.5, 0.6) is 0 Å². The summed E-state index contributed by atoms with van der Waals surface area (Å²) in [5.74, 6) is -0.0621. The van der Waals surface area contributed by atoms with Gasteiger partial charge in [-0.25, -0.2) is 4.98 Å². The molecule has 3 aromatic carbocycles. The van der Waals surface area contributed by atoms with E-state index < -0.39 is 0 Å². The molecule has 0 saturated carbocycles. The number of benzene rings is 3. The summed E-state index contributed by atoms with van der Waals surface area (Å²) in [6, 6.07) is 27.5. The van der Waals surface area contributed by atoms with Gasteiger partial charge < -0.3 is 4.98 Å². The molecule has 0 bridgehead atoms. The Labute approximate surface area is 219 Å². The van der Waals surface area contributed by atoms with Crippen LogP contribution in [-0.2, 0) is 29.5 Å². The predicted molar refractivity (Wildman–Crippen MR) is 149 cm³/mol. The van der Waals surface area contributed by atoms with Crippen LogP contribution in [0.15, 0.2) is 91.4 Å². The molecular weight excluding hydrogens is 456 g/mol. The van der Waals surface area contributed by atoms with Gasteiger partial charge in [0.15, 0.2) is 0 Å². The fraction of sp³-hybridized carbons (Fsp3) is 0.312. The lowest BCUT2D eigenvalue weighted by Crippen LogP contribution is -2.42. The highest BCUT2D eigenvalue weighted by Gasteiger charge is 2.37. The molecule has 2 unspecified atom stereocenters. The summed E-state index contributed by atoms with van der Waals surface area (Å²) in [4.78, 5) is 21.7. The van der Waals surface area contributed by atoms with Crippen LogP contribution >= 0.6 is 0 Å². The number of imidazole rings is 1. The molecule has 1 amide bonds. The quantitative estimate of drug-likeness (QED) is 0.318. The lowest BCUT2D eigenvalue weighted by Gasteiger charge is -2.28. The molecule has 5 rings (SSSR count). The van der Waals surface area contributed by atoms with E-state index in [0.29, 0.717) is 13.0 Å². The molecule has 0 radical (unpaired) electrons. The third kappa shape index (κ3) is 5.77. The van der Waals surface area contributed by atoms with E-state index in [1.54, 1.807) is 6.33 Å². The maximum atomic E-state index is 14.2. The molecule has 4 aromatic rings. The Morgan fingerprint density at radius 2 is 1.57 bits per heavy atom. The normalized spacial score (nSPS) is 17.7. The van der Waals surface area contributed by atoms with Crippen molar-refractivity contribution in [1.82, 2.24) is 15.0 Å². The number of hydrogen-bond donors (Lipinski definition) is 2. The summed E-state index contributed by atoms with van der Waals surface area (Å²) in [6.07, 6.45) is 5.78. The number of hydrazine groups is 1. The van der Waals surface area contributed by atoms with Gasteiger partial charge in [-0.15, -0.1) is 0 Å². The number of anilines is 1. The number of carbonyl (C=O) groups is 1. The maximum Gasteiger partial charge on any atom is 0.244 e. The van der Waals surface area contributed by atoms with Crippen LogP contribution in [0.4, 0.5) is 5.69 Å². The van der Waals surface area contributed by atoms with Gasteiger partial charge in [0.25, 0.3) is 0 Å². The van der Waals surface area contributed by atoms with E-state index in [2.05, 4.69) is 90.8 Å². The van der Waals surface area contributed by atoms with Gasteiger partial charge in [-0.05, 0) is 53.0 Å². The lowest BCUT2D eigenvalue weighted by atomic mass is 9.78. The van der Waals surface area contributed by atoms with E-state index >= 15 is 0 Å². The number of H-pyrrole nitrogens is 1. The number of nitrogens with one attached hydrogen (secondary N) is 2.